The quantitative estimate of drug-likeness (QED) is 0.585. The van der Waals surface area contributed by atoms with Gasteiger partial charge in [-0.25, -0.2) is 22.7 Å². The minimum absolute atomic E-state index is 0.288. The van der Waals surface area contributed by atoms with Gasteiger partial charge in [0.25, 0.3) is 10.0 Å². The van der Waals surface area contributed by atoms with Crippen molar-refractivity contribution in [1.82, 2.24) is 10.1 Å². The summed E-state index contributed by atoms with van der Waals surface area (Å²) in [7, 11) is -4.38. The van der Waals surface area contributed by atoms with E-state index in [1.807, 2.05) is 0 Å². The summed E-state index contributed by atoms with van der Waals surface area (Å²) in [6, 6.07) is 2.15. The normalized spacial score (nSPS) is 13.5. The Kier molecular flexibility index (Phi) is 3.99. The van der Waals surface area contributed by atoms with Crippen LogP contribution in [0.15, 0.2) is 40.5 Å². The Morgan fingerprint density at radius 2 is 2.09 bits per heavy atom. The summed E-state index contributed by atoms with van der Waals surface area (Å²) in [4.78, 5) is 21.4. The van der Waals surface area contributed by atoms with E-state index in [-0.39, 0.29) is 5.69 Å². The molecular formula is C11H11N5O5S. The highest BCUT2D eigenvalue weighted by Crippen LogP contribution is 2.23. The van der Waals surface area contributed by atoms with E-state index in [4.69, 9.17) is 5.73 Å². The van der Waals surface area contributed by atoms with E-state index in [0.29, 0.717) is 0 Å². The number of hydrogen-bond donors (Lipinski definition) is 4. The fourth-order valence-corrected chi connectivity index (χ4v) is 2.73. The third-order valence-electron chi connectivity index (χ3n) is 2.52. The molecule has 5 N–H and O–H groups in total. The first-order chi connectivity index (χ1) is 10.3. The lowest BCUT2D eigenvalue weighted by atomic mass is 10.2. The zero-order chi connectivity index (χ0) is 16.3. The van der Waals surface area contributed by atoms with E-state index in [9.17, 15) is 23.1 Å². The number of nitrogens with one attached hydrogen (secondary N) is 2. The second kappa shape index (κ2) is 5.73. The third-order valence-corrected chi connectivity index (χ3v) is 3.93. The molecule has 0 aliphatic carbocycles. The molecule has 116 valence electrons. The van der Waals surface area contributed by atoms with Gasteiger partial charge in [0, 0.05) is 6.20 Å². The van der Waals surface area contributed by atoms with Crippen molar-refractivity contribution in [3.8, 4) is 0 Å². The zero-order valence-corrected chi connectivity index (χ0v) is 11.7. The van der Waals surface area contributed by atoms with Crippen LogP contribution in [0, 0.1) is 0 Å². The van der Waals surface area contributed by atoms with Crippen LogP contribution >= 0.6 is 0 Å². The summed E-state index contributed by atoms with van der Waals surface area (Å²) in [5, 5.41) is 14.3. The standard InChI is InChI=1S/C11H11N5O5S/c12-11(19)15-22(20,21)9-3-2-7(6-8(9)10(17)18)16-13-4-1-5-14-16/h1-6,13H,(H,17,18)(H3,12,15,19). The molecule has 11 heteroatoms. The van der Waals surface area contributed by atoms with Gasteiger partial charge in [-0.15, -0.1) is 0 Å². The monoisotopic (exact) mass is 325 g/mol. The molecule has 0 aromatic heterocycles. The summed E-state index contributed by atoms with van der Waals surface area (Å²) >= 11 is 0. The number of allylic oxidation sites excluding steroid dienone is 1. The smallest absolute Gasteiger partial charge is 0.337 e. The highest BCUT2D eigenvalue weighted by atomic mass is 32.2. The van der Waals surface area contributed by atoms with Gasteiger partial charge in [-0.3, -0.25) is 5.43 Å². The number of nitrogens with two attached hydrogens (primary N) is 1. The molecule has 0 spiro atoms. The van der Waals surface area contributed by atoms with Crippen LogP contribution in [-0.4, -0.2) is 31.7 Å². The van der Waals surface area contributed by atoms with Gasteiger partial charge >= 0.3 is 12.0 Å². The van der Waals surface area contributed by atoms with Gasteiger partial charge in [0.1, 0.15) is 4.90 Å². The van der Waals surface area contributed by atoms with Gasteiger partial charge < -0.3 is 10.8 Å². The summed E-state index contributed by atoms with van der Waals surface area (Å²) < 4.78 is 25.3. The first kappa shape index (κ1) is 15.3. The lowest BCUT2D eigenvalue weighted by Gasteiger charge is -2.21. The van der Waals surface area contributed by atoms with Gasteiger partial charge in [0.15, 0.2) is 0 Å². The van der Waals surface area contributed by atoms with E-state index in [1.165, 1.54) is 22.1 Å². The Bertz CT molecular complexity index is 786. The van der Waals surface area contributed by atoms with E-state index in [1.54, 1.807) is 12.3 Å². The molecule has 0 saturated carbocycles. The minimum atomic E-state index is -4.38. The van der Waals surface area contributed by atoms with Crippen LogP contribution in [0.5, 0.6) is 0 Å². The Morgan fingerprint density at radius 1 is 1.36 bits per heavy atom. The highest BCUT2D eigenvalue weighted by molar-refractivity contribution is 7.90. The molecule has 2 rings (SSSR count). The second-order valence-corrected chi connectivity index (χ2v) is 5.67. The average molecular weight is 325 g/mol. The number of sulfonamides is 1. The summed E-state index contributed by atoms with van der Waals surface area (Å²) in [6.45, 7) is 0. The molecule has 1 aliphatic heterocycles. The molecule has 0 radical (unpaired) electrons. The lowest BCUT2D eigenvalue weighted by molar-refractivity contribution is 0.0692. The van der Waals surface area contributed by atoms with Crippen LogP contribution in [-0.2, 0) is 10.0 Å². The second-order valence-electron chi connectivity index (χ2n) is 4.02. The molecule has 10 nitrogen and oxygen atoms in total. The first-order valence-electron chi connectivity index (χ1n) is 5.76. The maximum Gasteiger partial charge on any atom is 0.337 e. The minimum Gasteiger partial charge on any atom is -0.478 e. The molecule has 1 heterocycles. The fourth-order valence-electron chi connectivity index (χ4n) is 1.67. The number of benzene rings is 1. The number of amides is 2. The molecule has 0 bridgehead atoms. The van der Waals surface area contributed by atoms with Crippen LogP contribution < -0.4 is 21.0 Å². The van der Waals surface area contributed by atoms with Crippen molar-refractivity contribution in [3.63, 3.8) is 0 Å². The van der Waals surface area contributed by atoms with Crippen LogP contribution in [0.2, 0.25) is 0 Å². The number of nitrogens with zero attached hydrogens (tertiary/aromatic N) is 2. The van der Waals surface area contributed by atoms with E-state index < -0.39 is 32.5 Å². The molecule has 0 saturated heterocycles. The Balaban J connectivity index is 2.49. The Labute approximate surface area is 124 Å². The Hall–Kier alpha value is -3.08. The number of hydrogen-bond acceptors (Lipinski definition) is 7. The van der Waals surface area contributed by atoms with Crippen molar-refractivity contribution >= 4 is 33.9 Å². The van der Waals surface area contributed by atoms with Crippen molar-refractivity contribution in [3.05, 3.63) is 36.0 Å². The number of urea groups is 1. The molecule has 1 aromatic rings. The fraction of sp³-hybridized carbons (Fsp3) is 0. The number of aromatic carboxylic acids is 1. The van der Waals surface area contributed by atoms with Gasteiger partial charge in [0.2, 0.25) is 0 Å². The largest absolute Gasteiger partial charge is 0.478 e. The number of carboxylic acid groups (broad SMARTS) is 1. The number of rotatable bonds is 4. The van der Waals surface area contributed by atoms with Gasteiger partial charge in [-0.2, -0.15) is 10.2 Å². The van der Waals surface area contributed by atoms with Crippen molar-refractivity contribution in [1.29, 1.82) is 0 Å². The molecule has 0 unspecified atom stereocenters. The topological polar surface area (TPSA) is 154 Å². The maximum absolute atomic E-state index is 11.9. The van der Waals surface area contributed by atoms with Gasteiger partial charge in [-0.05, 0) is 24.3 Å². The molecule has 2 amide bonds. The van der Waals surface area contributed by atoms with E-state index in [0.717, 1.165) is 12.1 Å². The van der Waals surface area contributed by atoms with Crippen molar-refractivity contribution in [2.75, 3.05) is 5.12 Å². The first-order valence-corrected chi connectivity index (χ1v) is 7.24. The number of hydrazone groups is 1. The Morgan fingerprint density at radius 3 is 2.64 bits per heavy atom. The predicted octanol–water partition coefficient (Wildman–Crippen LogP) is -0.434. The van der Waals surface area contributed by atoms with Crippen LogP contribution in [0.25, 0.3) is 0 Å². The number of carboxylic acids is 1. The van der Waals surface area contributed by atoms with Gasteiger partial charge in [0.05, 0.1) is 17.5 Å². The van der Waals surface area contributed by atoms with Crippen LogP contribution in [0.4, 0.5) is 10.5 Å². The van der Waals surface area contributed by atoms with Crippen molar-refractivity contribution < 1.29 is 23.1 Å². The lowest BCUT2D eigenvalue weighted by Crippen LogP contribution is -2.36. The summed E-state index contributed by atoms with van der Waals surface area (Å²) in [5.74, 6) is -1.48. The SMILES string of the molecule is NC(=O)NS(=O)(=O)c1ccc(N2N=CC=CN2)cc1C(=O)O. The van der Waals surface area contributed by atoms with Crippen molar-refractivity contribution in [2.24, 2.45) is 10.8 Å². The number of hydrazine groups is 1. The zero-order valence-electron chi connectivity index (χ0n) is 10.9. The van der Waals surface area contributed by atoms with Crippen LogP contribution in [0.3, 0.4) is 0 Å². The predicted molar refractivity (Wildman–Crippen MR) is 76.6 cm³/mol. The molecule has 1 aliphatic rings. The van der Waals surface area contributed by atoms with E-state index >= 15 is 0 Å². The van der Waals surface area contributed by atoms with E-state index in [2.05, 4.69) is 10.5 Å². The maximum atomic E-state index is 11.9. The summed E-state index contributed by atoms with van der Waals surface area (Å²) in [5.41, 5.74) is 7.24. The highest BCUT2D eigenvalue weighted by Gasteiger charge is 2.25. The molecular weight excluding hydrogens is 314 g/mol. The molecule has 0 atom stereocenters. The third kappa shape index (κ3) is 3.15. The van der Waals surface area contributed by atoms with Crippen molar-refractivity contribution in [2.45, 2.75) is 4.90 Å². The number of carbonyl (C=O) groups excluding carboxylic acids is 1. The summed E-state index contributed by atoms with van der Waals surface area (Å²) in [6.07, 6.45) is 4.62. The number of carbonyl (C=O) groups is 2. The molecule has 1 aromatic carbocycles. The van der Waals surface area contributed by atoms with Crippen LogP contribution in [0.1, 0.15) is 10.4 Å². The number of primary amides is 1. The average Bonchev–Trinajstić information content (AvgIpc) is 2.46. The molecule has 0 fully saturated rings. The van der Waals surface area contributed by atoms with Gasteiger partial charge in [-0.1, -0.05) is 0 Å². The molecule has 22 heavy (non-hydrogen) atoms. The number of anilines is 1.